The van der Waals surface area contributed by atoms with Crippen molar-refractivity contribution in [2.45, 2.75) is 13.0 Å². The van der Waals surface area contributed by atoms with Gasteiger partial charge in [0.2, 0.25) is 0 Å². The Balaban J connectivity index is 2.13. The average Bonchev–Trinajstić information content (AvgIpc) is 2.85. The Hall–Kier alpha value is -1.78. The SMILES string of the molecule is CC(O)CNC(=O)c1ccc(-c2cccc(Cl)c2)o1. The molecule has 1 heterocycles. The molecule has 1 aromatic heterocycles. The molecule has 1 aromatic carbocycles. The van der Waals surface area contributed by atoms with Crippen LogP contribution in [0.15, 0.2) is 40.8 Å². The van der Waals surface area contributed by atoms with Crippen molar-refractivity contribution in [2.24, 2.45) is 0 Å². The summed E-state index contributed by atoms with van der Waals surface area (Å²) in [6.07, 6.45) is -0.591. The zero-order valence-corrected chi connectivity index (χ0v) is 11.1. The van der Waals surface area contributed by atoms with Gasteiger partial charge in [0.05, 0.1) is 6.10 Å². The maximum absolute atomic E-state index is 11.7. The molecule has 2 rings (SSSR count). The largest absolute Gasteiger partial charge is 0.451 e. The van der Waals surface area contributed by atoms with Gasteiger partial charge in [-0.25, -0.2) is 0 Å². The summed E-state index contributed by atoms with van der Waals surface area (Å²) in [6.45, 7) is 1.78. The number of carbonyl (C=O) groups excluding carboxylic acids is 1. The van der Waals surface area contributed by atoms with Crippen LogP contribution in [0.2, 0.25) is 5.02 Å². The molecule has 1 amide bonds. The first-order valence-corrected chi connectivity index (χ1v) is 6.26. The van der Waals surface area contributed by atoms with Crippen LogP contribution in [0, 0.1) is 0 Å². The van der Waals surface area contributed by atoms with Gasteiger partial charge in [0.25, 0.3) is 5.91 Å². The quantitative estimate of drug-likeness (QED) is 0.904. The minimum atomic E-state index is -0.591. The molecule has 0 spiro atoms. The normalized spacial score (nSPS) is 12.2. The Labute approximate surface area is 116 Å². The van der Waals surface area contributed by atoms with Gasteiger partial charge in [0.15, 0.2) is 5.76 Å². The summed E-state index contributed by atoms with van der Waals surface area (Å²) in [5.41, 5.74) is 0.807. The van der Waals surface area contributed by atoms with Gasteiger partial charge in [0, 0.05) is 17.1 Å². The van der Waals surface area contributed by atoms with Gasteiger partial charge < -0.3 is 14.8 Å². The van der Waals surface area contributed by atoms with Gasteiger partial charge in [-0.1, -0.05) is 23.7 Å². The van der Waals surface area contributed by atoms with Crippen LogP contribution < -0.4 is 5.32 Å². The predicted molar refractivity (Wildman–Crippen MR) is 73.2 cm³/mol. The van der Waals surface area contributed by atoms with E-state index in [-0.39, 0.29) is 18.2 Å². The van der Waals surface area contributed by atoms with Crippen LogP contribution in [0.25, 0.3) is 11.3 Å². The van der Waals surface area contributed by atoms with E-state index in [2.05, 4.69) is 5.32 Å². The molecule has 100 valence electrons. The molecule has 0 saturated carbocycles. The molecule has 0 aliphatic heterocycles. The molecular weight excluding hydrogens is 266 g/mol. The van der Waals surface area contributed by atoms with Crippen molar-refractivity contribution in [1.29, 1.82) is 0 Å². The van der Waals surface area contributed by atoms with Crippen molar-refractivity contribution in [2.75, 3.05) is 6.54 Å². The molecule has 0 saturated heterocycles. The zero-order chi connectivity index (χ0) is 13.8. The molecule has 2 N–H and O–H groups in total. The number of benzene rings is 1. The van der Waals surface area contributed by atoms with Crippen molar-refractivity contribution < 1.29 is 14.3 Å². The second kappa shape index (κ2) is 5.91. The zero-order valence-electron chi connectivity index (χ0n) is 10.4. The third-order valence-electron chi connectivity index (χ3n) is 2.50. The van der Waals surface area contributed by atoms with Gasteiger partial charge in [-0.2, -0.15) is 0 Å². The molecule has 5 heteroatoms. The Morgan fingerprint density at radius 3 is 2.89 bits per heavy atom. The first kappa shape index (κ1) is 13.6. The summed E-state index contributed by atoms with van der Waals surface area (Å²) < 4.78 is 5.47. The molecule has 4 nitrogen and oxygen atoms in total. The first-order valence-electron chi connectivity index (χ1n) is 5.88. The van der Waals surface area contributed by atoms with Gasteiger partial charge in [-0.05, 0) is 31.2 Å². The molecule has 19 heavy (non-hydrogen) atoms. The van der Waals surface area contributed by atoms with Crippen LogP contribution in [0.3, 0.4) is 0 Å². The Morgan fingerprint density at radius 1 is 1.42 bits per heavy atom. The van der Waals surface area contributed by atoms with Gasteiger partial charge in [-0.15, -0.1) is 0 Å². The van der Waals surface area contributed by atoms with Gasteiger partial charge in [0.1, 0.15) is 5.76 Å². The number of aliphatic hydroxyl groups excluding tert-OH is 1. The van der Waals surface area contributed by atoms with E-state index in [1.807, 2.05) is 12.1 Å². The second-order valence-corrected chi connectivity index (χ2v) is 4.67. The number of halogens is 1. The van der Waals surface area contributed by atoms with E-state index in [0.29, 0.717) is 10.8 Å². The van der Waals surface area contributed by atoms with Crippen LogP contribution >= 0.6 is 11.6 Å². The number of amides is 1. The maximum atomic E-state index is 11.7. The lowest BCUT2D eigenvalue weighted by Gasteiger charge is -2.04. The summed E-state index contributed by atoms with van der Waals surface area (Å²) in [5, 5.41) is 12.3. The molecular formula is C14H14ClNO3. The monoisotopic (exact) mass is 279 g/mol. The fraction of sp³-hybridized carbons (Fsp3) is 0.214. The first-order chi connectivity index (χ1) is 9.06. The lowest BCUT2D eigenvalue weighted by molar-refractivity contribution is 0.0897. The van der Waals surface area contributed by atoms with Crippen LogP contribution in [0.1, 0.15) is 17.5 Å². The molecule has 0 aliphatic carbocycles. The van der Waals surface area contributed by atoms with E-state index >= 15 is 0 Å². The number of furan rings is 1. The van der Waals surface area contributed by atoms with E-state index < -0.39 is 6.10 Å². The summed E-state index contributed by atoms with van der Waals surface area (Å²) >= 11 is 5.90. The van der Waals surface area contributed by atoms with Crippen molar-refractivity contribution in [3.8, 4) is 11.3 Å². The Morgan fingerprint density at radius 2 is 2.21 bits per heavy atom. The predicted octanol–water partition coefficient (Wildman–Crippen LogP) is 2.71. The highest BCUT2D eigenvalue weighted by molar-refractivity contribution is 6.30. The molecule has 0 aliphatic rings. The van der Waals surface area contributed by atoms with Gasteiger partial charge in [-0.3, -0.25) is 4.79 Å². The van der Waals surface area contributed by atoms with E-state index in [1.165, 1.54) is 0 Å². The Bertz CT molecular complexity index is 578. The number of hydrogen-bond acceptors (Lipinski definition) is 3. The van der Waals surface area contributed by atoms with Crippen LogP contribution in [0.5, 0.6) is 0 Å². The number of carbonyl (C=O) groups is 1. The van der Waals surface area contributed by atoms with Crippen LogP contribution in [-0.4, -0.2) is 23.7 Å². The van der Waals surface area contributed by atoms with Crippen molar-refractivity contribution in [3.63, 3.8) is 0 Å². The third-order valence-corrected chi connectivity index (χ3v) is 2.73. The molecule has 0 fully saturated rings. The second-order valence-electron chi connectivity index (χ2n) is 4.23. The summed E-state index contributed by atoms with van der Waals surface area (Å²) in [4.78, 5) is 11.7. The Kier molecular flexibility index (Phi) is 4.24. The molecule has 1 unspecified atom stereocenters. The number of aliphatic hydroxyl groups is 1. The molecule has 0 bridgehead atoms. The number of rotatable bonds is 4. The summed E-state index contributed by atoms with van der Waals surface area (Å²) in [5.74, 6) is 0.425. The third kappa shape index (κ3) is 3.59. The minimum absolute atomic E-state index is 0.187. The van der Waals surface area contributed by atoms with Crippen molar-refractivity contribution in [3.05, 3.63) is 47.2 Å². The van der Waals surface area contributed by atoms with Crippen LogP contribution in [-0.2, 0) is 0 Å². The number of nitrogens with one attached hydrogen (secondary N) is 1. The van der Waals surface area contributed by atoms with E-state index in [1.54, 1.807) is 31.2 Å². The van der Waals surface area contributed by atoms with E-state index in [9.17, 15) is 4.79 Å². The van der Waals surface area contributed by atoms with E-state index in [0.717, 1.165) is 5.56 Å². The number of hydrogen-bond donors (Lipinski definition) is 2. The highest BCUT2D eigenvalue weighted by atomic mass is 35.5. The molecule has 0 radical (unpaired) electrons. The van der Waals surface area contributed by atoms with Crippen molar-refractivity contribution in [1.82, 2.24) is 5.32 Å². The fourth-order valence-electron chi connectivity index (χ4n) is 1.58. The lowest BCUT2D eigenvalue weighted by Crippen LogP contribution is -2.30. The summed E-state index contributed by atoms with van der Waals surface area (Å²) in [6, 6.07) is 10.5. The minimum Gasteiger partial charge on any atom is -0.451 e. The average molecular weight is 280 g/mol. The standard InChI is InChI=1S/C14H14ClNO3/c1-9(17)8-16-14(18)13-6-5-12(19-13)10-3-2-4-11(15)7-10/h2-7,9,17H,8H2,1H3,(H,16,18). The molecule has 1 atom stereocenters. The molecule has 2 aromatic rings. The highest BCUT2D eigenvalue weighted by Gasteiger charge is 2.12. The lowest BCUT2D eigenvalue weighted by atomic mass is 10.2. The summed E-state index contributed by atoms with van der Waals surface area (Å²) in [7, 11) is 0. The fourth-order valence-corrected chi connectivity index (χ4v) is 1.77. The maximum Gasteiger partial charge on any atom is 0.287 e. The highest BCUT2D eigenvalue weighted by Crippen LogP contribution is 2.24. The van der Waals surface area contributed by atoms with Crippen molar-refractivity contribution >= 4 is 17.5 Å². The van der Waals surface area contributed by atoms with Crippen LogP contribution in [0.4, 0.5) is 0 Å². The van der Waals surface area contributed by atoms with Gasteiger partial charge >= 0.3 is 0 Å². The van der Waals surface area contributed by atoms with E-state index in [4.69, 9.17) is 21.1 Å². The topological polar surface area (TPSA) is 62.5 Å². The smallest absolute Gasteiger partial charge is 0.287 e.